The first-order valence-corrected chi connectivity index (χ1v) is 10.5. The lowest BCUT2D eigenvalue weighted by atomic mass is 10.0. The number of rotatable bonds is 4. The van der Waals surface area contributed by atoms with Gasteiger partial charge in [0, 0.05) is 18.0 Å². The number of nitrogens with zero attached hydrogens (tertiary/aromatic N) is 3. The minimum atomic E-state index is -3.46. The van der Waals surface area contributed by atoms with Gasteiger partial charge in [0.25, 0.3) is 0 Å². The van der Waals surface area contributed by atoms with E-state index in [1.165, 1.54) is 6.20 Å². The molecule has 0 bridgehead atoms. The fourth-order valence-corrected chi connectivity index (χ4v) is 5.79. The van der Waals surface area contributed by atoms with Gasteiger partial charge in [0.1, 0.15) is 11.3 Å². The third kappa shape index (κ3) is 3.00. The second-order valence-corrected chi connectivity index (χ2v) is 9.03. The Labute approximate surface area is 152 Å². The molecule has 0 N–H and O–H groups in total. The van der Waals surface area contributed by atoms with E-state index in [1.807, 2.05) is 19.9 Å². The Kier molecular flexibility index (Phi) is 4.26. The molecule has 3 aromatic rings. The van der Waals surface area contributed by atoms with E-state index >= 15 is 0 Å². The molecule has 1 saturated carbocycles. The highest BCUT2D eigenvalue weighted by Crippen LogP contribution is 2.34. The van der Waals surface area contributed by atoms with Gasteiger partial charge in [-0.15, -0.1) is 0 Å². The van der Waals surface area contributed by atoms with Gasteiger partial charge in [-0.05, 0) is 50.3 Å². The van der Waals surface area contributed by atoms with Crippen molar-refractivity contribution in [3.63, 3.8) is 0 Å². The van der Waals surface area contributed by atoms with Crippen molar-refractivity contribution in [1.82, 2.24) is 15.1 Å². The molecule has 6 nitrogen and oxygen atoms in total. The van der Waals surface area contributed by atoms with E-state index in [0.29, 0.717) is 16.8 Å². The number of aromatic nitrogens is 3. The summed E-state index contributed by atoms with van der Waals surface area (Å²) >= 11 is 0. The van der Waals surface area contributed by atoms with Crippen LogP contribution >= 0.6 is 0 Å². The number of fused-ring (bicyclic) bond motifs is 1. The zero-order chi connectivity index (χ0) is 18.3. The van der Waals surface area contributed by atoms with Crippen LogP contribution in [0.2, 0.25) is 0 Å². The van der Waals surface area contributed by atoms with Crippen molar-refractivity contribution in [1.29, 1.82) is 0 Å². The predicted octanol–water partition coefficient (Wildman–Crippen LogP) is 3.87. The second kappa shape index (κ2) is 6.46. The maximum Gasteiger partial charge on any atom is 0.180 e. The quantitative estimate of drug-likeness (QED) is 0.692. The average Bonchev–Trinajstić information content (AvgIpc) is 3.23. The lowest BCUT2D eigenvalue weighted by Crippen LogP contribution is -2.15. The summed E-state index contributed by atoms with van der Waals surface area (Å²) in [5, 5.41) is 3.99. The van der Waals surface area contributed by atoms with E-state index in [4.69, 9.17) is 4.52 Å². The Morgan fingerprint density at radius 3 is 2.54 bits per heavy atom. The molecule has 26 heavy (non-hydrogen) atoms. The van der Waals surface area contributed by atoms with E-state index in [9.17, 15) is 8.42 Å². The van der Waals surface area contributed by atoms with Crippen LogP contribution in [0.3, 0.4) is 0 Å². The van der Waals surface area contributed by atoms with Crippen LogP contribution in [0.5, 0.6) is 0 Å². The smallest absolute Gasteiger partial charge is 0.180 e. The zero-order valence-corrected chi connectivity index (χ0v) is 15.7. The van der Waals surface area contributed by atoms with Crippen LogP contribution in [0.1, 0.15) is 37.1 Å². The largest absolute Gasteiger partial charge is 0.361 e. The number of benzene rings is 1. The van der Waals surface area contributed by atoms with E-state index < -0.39 is 9.84 Å². The Hall–Kier alpha value is -2.28. The highest BCUT2D eigenvalue weighted by molar-refractivity contribution is 7.91. The Morgan fingerprint density at radius 1 is 1.12 bits per heavy atom. The molecular weight excluding hydrogens is 350 g/mol. The minimum absolute atomic E-state index is 0.170. The van der Waals surface area contributed by atoms with Crippen molar-refractivity contribution in [3.8, 4) is 11.1 Å². The number of hydrogen-bond acceptors (Lipinski definition) is 6. The van der Waals surface area contributed by atoms with Gasteiger partial charge in [0.05, 0.1) is 21.9 Å². The first-order chi connectivity index (χ1) is 12.5. The highest BCUT2D eigenvalue weighted by Gasteiger charge is 2.27. The van der Waals surface area contributed by atoms with E-state index in [1.54, 1.807) is 12.3 Å². The Balaban J connectivity index is 1.90. The SMILES string of the molecule is Cc1noc(C)c1-c1cc(S(=O)(=O)CC2CCCC2)c2nccnc2c1. The molecule has 4 rings (SSSR count). The number of aryl methyl sites for hydroxylation is 2. The fraction of sp³-hybridized carbons (Fsp3) is 0.421. The van der Waals surface area contributed by atoms with E-state index in [-0.39, 0.29) is 16.6 Å². The van der Waals surface area contributed by atoms with Gasteiger partial charge in [0.15, 0.2) is 9.84 Å². The maximum absolute atomic E-state index is 13.2. The van der Waals surface area contributed by atoms with Crippen molar-refractivity contribution in [2.45, 2.75) is 44.4 Å². The Bertz CT molecular complexity index is 1050. The predicted molar refractivity (Wildman–Crippen MR) is 98.5 cm³/mol. The van der Waals surface area contributed by atoms with Crippen LogP contribution in [0, 0.1) is 19.8 Å². The van der Waals surface area contributed by atoms with E-state index in [2.05, 4.69) is 15.1 Å². The van der Waals surface area contributed by atoms with Gasteiger partial charge in [0.2, 0.25) is 0 Å². The lowest BCUT2D eigenvalue weighted by Gasteiger charge is -2.13. The first kappa shape index (κ1) is 17.1. The number of sulfone groups is 1. The first-order valence-electron chi connectivity index (χ1n) is 8.86. The van der Waals surface area contributed by atoms with Gasteiger partial charge >= 0.3 is 0 Å². The molecule has 0 radical (unpaired) electrons. The molecule has 1 aliphatic rings. The zero-order valence-electron chi connectivity index (χ0n) is 14.9. The van der Waals surface area contributed by atoms with Crippen LogP contribution in [0.25, 0.3) is 22.2 Å². The summed E-state index contributed by atoms with van der Waals surface area (Å²) in [6.07, 6.45) is 7.29. The summed E-state index contributed by atoms with van der Waals surface area (Å²) in [7, 11) is -3.46. The van der Waals surface area contributed by atoms with Crippen molar-refractivity contribution >= 4 is 20.9 Å². The van der Waals surface area contributed by atoms with Gasteiger partial charge in [-0.1, -0.05) is 18.0 Å². The lowest BCUT2D eigenvalue weighted by molar-refractivity contribution is 0.393. The number of hydrogen-bond donors (Lipinski definition) is 0. The molecule has 0 saturated heterocycles. The van der Waals surface area contributed by atoms with Crippen molar-refractivity contribution in [2.75, 3.05) is 5.75 Å². The normalized spacial score (nSPS) is 15.8. The van der Waals surface area contributed by atoms with Crippen LogP contribution < -0.4 is 0 Å². The summed E-state index contributed by atoms with van der Waals surface area (Å²) < 4.78 is 31.6. The standard InChI is InChI=1S/C19H21N3O3S/c1-12-18(13(2)25-22-12)15-9-16-19(21-8-7-20-16)17(10-15)26(23,24)11-14-5-3-4-6-14/h7-10,14H,3-6,11H2,1-2H3. The molecule has 1 aliphatic carbocycles. The molecule has 1 aromatic carbocycles. The molecule has 7 heteroatoms. The monoisotopic (exact) mass is 371 g/mol. The molecule has 0 spiro atoms. The maximum atomic E-state index is 13.2. The van der Waals surface area contributed by atoms with Crippen molar-refractivity contribution in [2.24, 2.45) is 5.92 Å². The molecule has 0 unspecified atom stereocenters. The Morgan fingerprint density at radius 2 is 1.85 bits per heavy atom. The van der Waals surface area contributed by atoms with Gasteiger partial charge in [-0.25, -0.2) is 8.42 Å². The average molecular weight is 371 g/mol. The molecule has 0 atom stereocenters. The van der Waals surface area contributed by atoms with Gasteiger partial charge < -0.3 is 4.52 Å². The third-order valence-electron chi connectivity index (χ3n) is 5.13. The van der Waals surface area contributed by atoms with Gasteiger partial charge in [-0.3, -0.25) is 9.97 Å². The summed E-state index contributed by atoms with van der Waals surface area (Å²) in [6, 6.07) is 3.55. The molecule has 136 valence electrons. The molecule has 0 aliphatic heterocycles. The molecule has 2 heterocycles. The van der Waals surface area contributed by atoms with Crippen molar-refractivity contribution < 1.29 is 12.9 Å². The summed E-state index contributed by atoms with van der Waals surface area (Å²) in [4.78, 5) is 8.90. The van der Waals surface area contributed by atoms with Crippen LogP contribution in [0.4, 0.5) is 0 Å². The fourth-order valence-electron chi connectivity index (χ4n) is 3.90. The van der Waals surface area contributed by atoms with Crippen LogP contribution in [-0.4, -0.2) is 29.3 Å². The molecule has 0 amide bonds. The van der Waals surface area contributed by atoms with Crippen LogP contribution in [-0.2, 0) is 9.84 Å². The topological polar surface area (TPSA) is 86.0 Å². The second-order valence-electron chi connectivity index (χ2n) is 7.03. The van der Waals surface area contributed by atoms with Crippen molar-refractivity contribution in [3.05, 3.63) is 36.0 Å². The van der Waals surface area contributed by atoms with Crippen LogP contribution in [0.15, 0.2) is 33.9 Å². The molecular formula is C19H21N3O3S. The highest BCUT2D eigenvalue weighted by atomic mass is 32.2. The molecule has 1 fully saturated rings. The van der Waals surface area contributed by atoms with Gasteiger partial charge in [-0.2, -0.15) is 0 Å². The molecule has 2 aromatic heterocycles. The summed E-state index contributed by atoms with van der Waals surface area (Å²) in [5.41, 5.74) is 3.29. The summed E-state index contributed by atoms with van der Waals surface area (Å²) in [6.45, 7) is 3.67. The summed E-state index contributed by atoms with van der Waals surface area (Å²) in [5.74, 6) is 1.06. The minimum Gasteiger partial charge on any atom is -0.361 e. The third-order valence-corrected chi connectivity index (χ3v) is 7.02. The van der Waals surface area contributed by atoms with E-state index in [0.717, 1.165) is 42.5 Å².